The molecule has 0 aromatic carbocycles. The van der Waals surface area contributed by atoms with Crippen LogP contribution in [0.25, 0.3) is 0 Å². The summed E-state index contributed by atoms with van der Waals surface area (Å²) in [6.45, 7) is 0. The Balaban J connectivity index is 3.13. The van der Waals surface area contributed by atoms with E-state index in [0.29, 0.717) is 6.07 Å². The number of hydrogen-bond donors (Lipinski definition) is 1. The Hall–Kier alpha value is -1.66. The Morgan fingerprint density at radius 2 is 2.07 bits per heavy atom. The lowest BCUT2D eigenvalue weighted by Gasteiger charge is -2.04. The molecule has 0 aliphatic heterocycles. The maximum atomic E-state index is 12.9. The average Bonchev–Trinajstić information content (AvgIpc) is 2.09. The van der Waals surface area contributed by atoms with Gasteiger partial charge in [-0.05, 0) is 6.07 Å². The largest absolute Gasteiger partial charge is 0.481 e. The van der Waals surface area contributed by atoms with Gasteiger partial charge in [-0.1, -0.05) is 0 Å². The van der Waals surface area contributed by atoms with Crippen LogP contribution in [-0.2, 0) is 11.2 Å². The number of aromatic nitrogens is 1. The highest BCUT2D eigenvalue weighted by Crippen LogP contribution is 2.21. The summed E-state index contributed by atoms with van der Waals surface area (Å²) in [5.74, 6) is -4.21. The molecule has 15 heavy (non-hydrogen) atoms. The van der Waals surface area contributed by atoms with Crippen molar-refractivity contribution >= 4 is 5.97 Å². The summed E-state index contributed by atoms with van der Waals surface area (Å²) in [4.78, 5) is 12.9. The molecule has 3 nitrogen and oxygen atoms in total. The van der Waals surface area contributed by atoms with Crippen LogP contribution in [0.15, 0.2) is 6.07 Å². The number of carboxylic acid groups (broad SMARTS) is 1. The van der Waals surface area contributed by atoms with Gasteiger partial charge in [-0.2, -0.15) is 4.39 Å². The van der Waals surface area contributed by atoms with Gasteiger partial charge >= 0.3 is 5.97 Å². The molecule has 0 amide bonds. The molecule has 0 atom stereocenters. The molecule has 0 fully saturated rings. The maximum Gasteiger partial charge on any atom is 0.307 e. The number of nitrogens with zero attached hydrogens (tertiary/aromatic N) is 1. The Kier molecular flexibility index (Phi) is 3.23. The van der Waals surface area contributed by atoms with E-state index in [1.165, 1.54) is 0 Å². The summed E-state index contributed by atoms with van der Waals surface area (Å²) in [6, 6.07) is 0.415. The van der Waals surface area contributed by atoms with Crippen molar-refractivity contribution in [2.75, 3.05) is 0 Å². The SMILES string of the molecule is O=C(O)Cc1cc(F)c(C(F)F)nc1F. The van der Waals surface area contributed by atoms with Crippen molar-refractivity contribution < 1.29 is 27.5 Å². The van der Waals surface area contributed by atoms with Gasteiger partial charge in [-0.15, -0.1) is 0 Å². The van der Waals surface area contributed by atoms with Crippen LogP contribution in [0.4, 0.5) is 17.6 Å². The molecule has 0 aliphatic rings. The zero-order valence-corrected chi connectivity index (χ0v) is 7.18. The van der Waals surface area contributed by atoms with E-state index < -0.39 is 41.8 Å². The zero-order chi connectivity index (χ0) is 11.6. The van der Waals surface area contributed by atoms with Crippen molar-refractivity contribution in [3.8, 4) is 0 Å². The lowest BCUT2D eigenvalue weighted by molar-refractivity contribution is -0.136. The third-order valence-corrected chi connectivity index (χ3v) is 1.58. The zero-order valence-electron chi connectivity index (χ0n) is 7.18. The van der Waals surface area contributed by atoms with E-state index >= 15 is 0 Å². The van der Waals surface area contributed by atoms with E-state index in [9.17, 15) is 22.4 Å². The molecule has 82 valence electrons. The number of halogens is 4. The van der Waals surface area contributed by atoms with Gasteiger partial charge in [0, 0.05) is 5.56 Å². The van der Waals surface area contributed by atoms with Gasteiger partial charge in [0.25, 0.3) is 6.43 Å². The van der Waals surface area contributed by atoms with Crippen LogP contribution in [0.3, 0.4) is 0 Å². The van der Waals surface area contributed by atoms with Crippen molar-refractivity contribution in [2.45, 2.75) is 12.8 Å². The molecule has 0 saturated heterocycles. The van der Waals surface area contributed by atoms with Gasteiger partial charge in [0.2, 0.25) is 5.95 Å². The number of rotatable bonds is 3. The third kappa shape index (κ3) is 2.64. The average molecular weight is 223 g/mol. The van der Waals surface area contributed by atoms with Crippen LogP contribution in [0.1, 0.15) is 17.7 Å². The molecule has 0 unspecified atom stereocenters. The van der Waals surface area contributed by atoms with Crippen LogP contribution in [-0.4, -0.2) is 16.1 Å². The molecule has 1 N–H and O–H groups in total. The topological polar surface area (TPSA) is 50.2 Å². The molecular formula is C8H5F4NO2. The van der Waals surface area contributed by atoms with Crippen LogP contribution >= 0.6 is 0 Å². The van der Waals surface area contributed by atoms with E-state index in [0.717, 1.165) is 0 Å². The Morgan fingerprint density at radius 1 is 1.47 bits per heavy atom. The Morgan fingerprint density at radius 3 is 2.53 bits per heavy atom. The first kappa shape index (κ1) is 11.4. The maximum absolute atomic E-state index is 12.9. The molecule has 7 heteroatoms. The molecule has 0 aliphatic carbocycles. The summed E-state index contributed by atoms with van der Waals surface area (Å²) in [5, 5.41) is 8.30. The first-order valence-electron chi connectivity index (χ1n) is 3.76. The number of pyridine rings is 1. The first-order valence-corrected chi connectivity index (χ1v) is 3.76. The summed E-state index contributed by atoms with van der Waals surface area (Å²) in [6.07, 6.45) is -4.04. The molecule has 1 aromatic heterocycles. The second kappa shape index (κ2) is 4.24. The van der Waals surface area contributed by atoms with Crippen LogP contribution in [0, 0.1) is 11.8 Å². The standard InChI is InChI=1S/C8H5F4NO2/c9-4-1-3(2-5(14)15)8(12)13-6(4)7(10)11/h1,7H,2H2,(H,14,15). The second-order valence-electron chi connectivity index (χ2n) is 2.68. The molecule has 1 aromatic rings. The van der Waals surface area contributed by atoms with Crippen molar-refractivity contribution in [1.82, 2.24) is 4.98 Å². The Labute approximate surface area is 81.4 Å². The smallest absolute Gasteiger partial charge is 0.307 e. The fourth-order valence-electron chi connectivity index (χ4n) is 0.957. The van der Waals surface area contributed by atoms with Gasteiger partial charge in [-0.25, -0.2) is 18.2 Å². The highest BCUT2D eigenvalue weighted by molar-refractivity contribution is 5.70. The van der Waals surface area contributed by atoms with Crippen LogP contribution < -0.4 is 0 Å². The highest BCUT2D eigenvalue weighted by Gasteiger charge is 2.19. The van der Waals surface area contributed by atoms with Crippen LogP contribution in [0.5, 0.6) is 0 Å². The van der Waals surface area contributed by atoms with Crippen molar-refractivity contribution in [2.24, 2.45) is 0 Å². The van der Waals surface area contributed by atoms with Gasteiger partial charge < -0.3 is 5.11 Å². The number of alkyl halides is 2. The molecule has 0 spiro atoms. The summed E-state index contributed by atoms with van der Waals surface area (Å²) < 4.78 is 49.7. The molecule has 1 rings (SSSR count). The number of carbonyl (C=O) groups is 1. The minimum Gasteiger partial charge on any atom is -0.481 e. The second-order valence-corrected chi connectivity index (χ2v) is 2.68. The fourth-order valence-corrected chi connectivity index (χ4v) is 0.957. The fraction of sp³-hybridized carbons (Fsp3) is 0.250. The van der Waals surface area contributed by atoms with E-state index in [2.05, 4.69) is 4.98 Å². The summed E-state index contributed by atoms with van der Waals surface area (Å²) in [5.41, 5.74) is -1.88. The normalized spacial score (nSPS) is 10.7. The number of carboxylic acids is 1. The lowest BCUT2D eigenvalue weighted by atomic mass is 10.2. The monoisotopic (exact) mass is 223 g/mol. The van der Waals surface area contributed by atoms with Gasteiger partial charge in [0.15, 0.2) is 5.82 Å². The van der Waals surface area contributed by atoms with Gasteiger partial charge in [-0.3, -0.25) is 4.79 Å². The van der Waals surface area contributed by atoms with Crippen molar-refractivity contribution in [1.29, 1.82) is 0 Å². The lowest BCUT2D eigenvalue weighted by Crippen LogP contribution is -2.07. The first-order chi connectivity index (χ1) is 6.91. The van der Waals surface area contributed by atoms with Crippen LogP contribution in [0.2, 0.25) is 0 Å². The predicted octanol–water partition coefficient (Wildman–Crippen LogP) is 1.92. The molecular weight excluding hydrogens is 218 g/mol. The third-order valence-electron chi connectivity index (χ3n) is 1.58. The summed E-state index contributed by atoms with van der Waals surface area (Å²) >= 11 is 0. The molecule has 0 radical (unpaired) electrons. The molecule has 1 heterocycles. The van der Waals surface area contributed by atoms with E-state index in [1.54, 1.807) is 0 Å². The Bertz CT molecular complexity index is 394. The number of aliphatic carboxylic acids is 1. The highest BCUT2D eigenvalue weighted by atomic mass is 19.3. The number of hydrogen-bond acceptors (Lipinski definition) is 2. The van der Waals surface area contributed by atoms with Crippen molar-refractivity contribution in [3.63, 3.8) is 0 Å². The molecule has 0 bridgehead atoms. The quantitative estimate of drug-likeness (QED) is 0.629. The molecule has 0 saturated carbocycles. The van der Waals surface area contributed by atoms with Gasteiger partial charge in [0.1, 0.15) is 5.69 Å². The van der Waals surface area contributed by atoms with Gasteiger partial charge in [0.05, 0.1) is 6.42 Å². The minimum atomic E-state index is -3.24. The van der Waals surface area contributed by atoms with E-state index in [4.69, 9.17) is 5.11 Å². The van der Waals surface area contributed by atoms with E-state index in [-0.39, 0.29) is 0 Å². The predicted molar refractivity (Wildman–Crippen MR) is 40.4 cm³/mol. The minimum absolute atomic E-state index is 0.415. The summed E-state index contributed by atoms with van der Waals surface area (Å²) in [7, 11) is 0. The van der Waals surface area contributed by atoms with E-state index in [1.807, 2.05) is 0 Å². The van der Waals surface area contributed by atoms with Crippen molar-refractivity contribution in [3.05, 3.63) is 29.1 Å².